The number of fused-ring (bicyclic) bond motifs is 1. The smallest absolute Gasteiger partial charge is 0.326 e. The molecule has 0 saturated carbocycles. The minimum absolute atomic E-state index is 0.400. The Morgan fingerprint density at radius 1 is 1.24 bits per heavy atom. The lowest BCUT2D eigenvalue weighted by Gasteiger charge is -2.21. The van der Waals surface area contributed by atoms with Gasteiger partial charge in [0.15, 0.2) is 0 Å². The molecule has 2 heterocycles. The quantitative estimate of drug-likeness (QED) is 0.684. The lowest BCUT2D eigenvalue weighted by Crippen LogP contribution is -2.38. The van der Waals surface area contributed by atoms with Crippen LogP contribution in [0.4, 0.5) is 4.79 Å². The molecule has 0 aliphatic carbocycles. The summed E-state index contributed by atoms with van der Waals surface area (Å²) >= 11 is 0. The number of rotatable bonds is 3. The van der Waals surface area contributed by atoms with Crippen LogP contribution < -0.4 is 5.32 Å². The minimum Gasteiger partial charge on any atom is -0.459 e. The van der Waals surface area contributed by atoms with Crippen LogP contribution in [0, 0.1) is 0 Å². The van der Waals surface area contributed by atoms with E-state index in [2.05, 4.69) is 5.32 Å². The molecule has 132 valence electrons. The Morgan fingerprint density at radius 2 is 1.92 bits per heavy atom. The normalized spacial score (nSPS) is 17.9. The van der Waals surface area contributed by atoms with Crippen molar-refractivity contribution >= 4 is 28.8 Å². The number of para-hydroxylation sites is 1. The Balaban J connectivity index is 1.85. The van der Waals surface area contributed by atoms with E-state index in [4.69, 9.17) is 4.74 Å². The van der Waals surface area contributed by atoms with Crippen LogP contribution >= 0.6 is 0 Å². The first-order valence-corrected chi connectivity index (χ1v) is 8.05. The van der Waals surface area contributed by atoms with E-state index < -0.39 is 36.1 Å². The summed E-state index contributed by atoms with van der Waals surface area (Å²) in [6.07, 6.45) is 1.82. The number of imide groups is 1. The topological polar surface area (TPSA) is 80.6 Å². The van der Waals surface area contributed by atoms with E-state index in [1.54, 1.807) is 20.8 Å². The predicted molar refractivity (Wildman–Crippen MR) is 91.7 cm³/mol. The highest BCUT2D eigenvalue weighted by Crippen LogP contribution is 2.30. The van der Waals surface area contributed by atoms with Crippen molar-refractivity contribution in [1.82, 2.24) is 14.8 Å². The van der Waals surface area contributed by atoms with E-state index in [9.17, 15) is 14.4 Å². The Morgan fingerprint density at radius 3 is 2.60 bits per heavy atom. The monoisotopic (exact) mass is 343 g/mol. The molecule has 1 unspecified atom stereocenters. The minimum atomic E-state index is -0.805. The predicted octanol–water partition coefficient (Wildman–Crippen LogP) is 2.11. The van der Waals surface area contributed by atoms with Gasteiger partial charge in [-0.2, -0.15) is 0 Å². The second-order valence-electron chi connectivity index (χ2n) is 7.11. The van der Waals surface area contributed by atoms with Gasteiger partial charge in [0.25, 0.3) is 5.91 Å². The van der Waals surface area contributed by atoms with Gasteiger partial charge in [-0.05, 0) is 26.8 Å². The van der Waals surface area contributed by atoms with Crippen molar-refractivity contribution in [2.45, 2.75) is 32.4 Å². The van der Waals surface area contributed by atoms with Gasteiger partial charge < -0.3 is 14.6 Å². The van der Waals surface area contributed by atoms with Gasteiger partial charge >= 0.3 is 12.0 Å². The number of nitrogens with one attached hydrogen (secondary N) is 1. The fourth-order valence-electron chi connectivity index (χ4n) is 2.99. The molecule has 0 spiro atoms. The molecule has 3 amide bonds. The number of benzene rings is 1. The zero-order chi connectivity index (χ0) is 18.4. The summed E-state index contributed by atoms with van der Waals surface area (Å²) in [5.74, 6) is -1.07. The molecule has 1 aromatic heterocycles. The highest BCUT2D eigenvalue weighted by Gasteiger charge is 2.41. The Bertz CT molecular complexity index is 863. The van der Waals surface area contributed by atoms with Gasteiger partial charge in [-0.15, -0.1) is 0 Å². The average Bonchev–Trinajstić information content (AvgIpc) is 2.98. The molecule has 1 saturated heterocycles. The number of hydrogen-bond acceptors (Lipinski definition) is 4. The van der Waals surface area contributed by atoms with Crippen molar-refractivity contribution < 1.29 is 19.1 Å². The van der Waals surface area contributed by atoms with Gasteiger partial charge in [0.2, 0.25) is 0 Å². The van der Waals surface area contributed by atoms with Crippen molar-refractivity contribution in [1.29, 1.82) is 0 Å². The number of hydrogen-bond donors (Lipinski definition) is 1. The Labute approximate surface area is 145 Å². The molecule has 2 aromatic rings. The van der Waals surface area contributed by atoms with Crippen LogP contribution in [-0.2, 0) is 21.4 Å². The largest absolute Gasteiger partial charge is 0.459 e. The second kappa shape index (κ2) is 5.91. The molecule has 1 aliphatic rings. The zero-order valence-electron chi connectivity index (χ0n) is 14.7. The Hall–Kier alpha value is -2.83. The van der Waals surface area contributed by atoms with Crippen molar-refractivity contribution in [2.24, 2.45) is 7.05 Å². The summed E-state index contributed by atoms with van der Waals surface area (Å²) in [7, 11) is 1.88. The third-order valence-corrected chi connectivity index (χ3v) is 3.97. The van der Waals surface area contributed by atoms with Crippen LogP contribution in [0.1, 0.15) is 32.4 Å². The highest BCUT2D eigenvalue weighted by molar-refractivity contribution is 6.08. The van der Waals surface area contributed by atoms with Crippen LogP contribution in [0.3, 0.4) is 0 Å². The van der Waals surface area contributed by atoms with Crippen molar-refractivity contribution in [3.05, 3.63) is 36.0 Å². The van der Waals surface area contributed by atoms with Gasteiger partial charge in [0.05, 0.1) is 0 Å². The van der Waals surface area contributed by atoms with E-state index in [1.807, 2.05) is 42.1 Å². The van der Waals surface area contributed by atoms with Crippen molar-refractivity contribution in [2.75, 3.05) is 6.54 Å². The molecular formula is C18H21N3O4. The lowest BCUT2D eigenvalue weighted by atomic mass is 10.1. The number of carbonyl (C=O) groups excluding carboxylic acids is 3. The maximum Gasteiger partial charge on any atom is 0.326 e. The maximum atomic E-state index is 12.7. The molecule has 3 rings (SSSR count). The fourth-order valence-corrected chi connectivity index (χ4v) is 2.99. The third kappa shape index (κ3) is 3.22. The Kier molecular flexibility index (Phi) is 4.02. The van der Waals surface area contributed by atoms with Gasteiger partial charge in [-0.1, -0.05) is 18.2 Å². The van der Waals surface area contributed by atoms with Crippen LogP contribution in [0.2, 0.25) is 0 Å². The van der Waals surface area contributed by atoms with E-state index in [0.717, 1.165) is 15.8 Å². The van der Waals surface area contributed by atoms with Gasteiger partial charge in [0, 0.05) is 29.7 Å². The number of aryl methyl sites for hydroxylation is 1. The molecule has 1 aliphatic heterocycles. The van der Waals surface area contributed by atoms with Gasteiger partial charge in [-0.25, -0.2) is 4.79 Å². The lowest BCUT2D eigenvalue weighted by molar-refractivity contribution is -0.157. The number of carbonyl (C=O) groups is 3. The number of amides is 3. The number of ether oxygens (including phenoxy) is 1. The first kappa shape index (κ1) is 17.0. The molecule has 1 aromatic carbocycles. The van der Waals surface area contributed by atoms with E-state index in [-0.39, 0.29) is 0 Å². The number of nitrogens with zero attached hydrogens (tertiary/aromatic N) is 2. The highest BCUT2D eigenvalue weighted by atomic mass is 16.6. The average molecular weight is 343 g/mol. The molecule has 0 bridgehead atoms. The fraction of sp³-hybridized carbons (Fsp3) is 0.389. The summed E-state index contributed by atoms with van der Waals surface area (Å²) in [5, 5.41) is 3.55. The summed E-state index contributed by atoms with van der Waals surface area (Å²) in [6, 6.07) is 6.25. The summed E-state index contributed by atoms with van der Waals surface area (Å²) in [5.41, 5.74) is 0.999. The van der Waals surface area contributed by atoms with Crippen LogP contribution in [0.15, 0.2) is 30.5 Å². The van der Waals surface area contributed by atoms with E-state index >= 15 is 0 Å². The molecule has 1 fully saturated rings. The third-order valence-electron chi connectivity index (χ3n) is 3.97. The SMILES string of the molecule is Cn1cc(C2NC(=O)N(CC(=O)OC(C)(C)C)C2=O)c2ccccc21. The summed E-state index contributed by atoms with van der Waals surface area (Å²) < 4.78 is 7.10. The van der Waals surface area contributed by atoms with Gasteiger partial charge in [-0.3, -0.25) is 14.5 Å². The van der Waals surface area contributed by atoms with E-state index in [1.165, 1.54) is 0 Å². The van der Waals surface area contributed by atoms with Gasteiger partial charge in [0.1, 0.15) is 18.2 Å². The van der Waals surface area contributed by atoms with Crippen LogP contribution in [0.5, 0.6) is 0 Å². The molecule has 1 atom stereocenters. The van der Waals surface area contributed by atoms with Crippen LogP contribution in [-0.4, -0.2) is 39.5 Å². The molecule has 0 radical (unpaired) electrons. The molecule has 1 N–H and O–H groups in total. The first-order valence-electron chi connectivity index (χ1n) is 8.05. The second-order valence-corrected chi connectivity index (χ2v) is 7.11. The van der Waals surface area contributed by atoms with Crippen LogP contribution in [0.25, 0.3) is 10.9 Å². The molecular weight excluding hydrogens is 322 g/mol. The molecule has 25 heavy (non-hydrogen) atoms. The molecule has 7 heteroatoms. The zero-order valence-corrected chi connectivity index (χ0v) is 14.7. The van der Waals surface area contributed by atoms with E-state index in [0.29, 0.717) is 5.56 Å². The van der Waals surface area contributed by atoms with Crippen molar-refractivity contribution in [3.8, 4) is 0 Å². The standard InChI is InChI=1S/C18H21N3O4/c1-18(2,3)25-14(22)10-21-16(23)15(19-17(21)24)12-9-20(4)13-8-6-5-7-11(12)13/h5-9,15H,10H2,1-4H3,(H,19,24). The number of urea groups is 1. The summed E-state index contributed by atoms with van der Waals surface area (Å²) in [4.78, 5) is 37.8. The van der Waals surface area contributed by atoms with Crippen molar-refractivity contribution in [3.63, 3.8) is 0 Å². The first-order chi connectivity index (χ1) is 11.7. The molecule has 7 nitrogen and oxygen atoms in total. The maximum absolute atomic E-state index is 12.7. The number of esters is 1. The number of aromatic nitrogens is 1. The summed E-state index contributed by atoms with van der Waals surface area (Å²) in [6.45, 7) is 4.80.